The molecule has 1 fully saturated rings. The maximum absolute atomic E-state index is 13.1. The Hall–Kier alpha value is -3.09. The summed E-state index contributed by atoms with van der Waals surface area (Å²) in [6, 6.07) is 11.7. The van der Waals surface area contributed by atoms with E-state index in [9.17, 15) is 14.0 Å². The van der Waals surface area contributed by atoms with Crippen LogP contribution in [0.4, 0.5) is 4.39 Å². The quantitative estimate of drug-likeness (QED) is 0.687. The van der Waals surface area contributed by atoms with Crippen molar-refractivity contribution in [3.8, 4) is 11.5 Å². The predicted octanol–water partition coefficient (Wildman–Crippen LogP) is 3.31. The van der Waals surface area contributed by atoms with Crippen LogP contribution in [0.15, 0.2) is 42.5 Å². The first-order valence-electron chi connectivity index (χ1n) is 10.7. The van der Waals surface area contributed by atoms with Crippen LogP contribution in [-0.2, 0) is 26.2 Å². The van der Waals surface area contributed by atoms with Crippen molar-refractivity contribution in [1.29, 1.82) is 0 Å². The van der Waals surface area contributed by atoms with Crippen molar-refractivity contribution >= 4 is 11.9 Å². The average molecular weight is 427 g/mol. The Morgan fingerprint density at radius 2 is 1.71 bits per heavy atom. The van der Waals surface area contributed by atoms with Crippen LogP contribution in [0.3, 0.4) is 0 Å². The number of hydrogen-bond donors (Lipinski definition) is 1. The molecule has 0 atom stereocenters. The minimum absolute atomic E-state index is 0.293. The third kappa shape index (κ3) is 4.81. The third-order valence-corrected chi connectivity index (χ3v) is 5.93. The molecular formula is C24H26FNO5. The zero-order valence-corrected chi connectivity index (χ0v) is 17.3. The zero-order chi connectivity index (χ0) is 21.7. The fourth-order valence-electron chi connectivity index (χ4n) is 4.25. The molecule has 0 unspecified atom stereocenters. The Kier molecular flexibility index (Phi) is 6.39. The Labute approximate surface area is 180 Å². The van der Waals surface area contributed by atoms with Crippen molar-refractivity contribution in [2.45, 2.75) is 37.5 Å². The summed E-state index contributed by atoms with van der Waals surface area (Å²) in [7, 11) is 0. The topological polar surface area (TPSA) is 73.9 Å². The molecule has 1 aliphatic carbocycles. The van der Waals surface area contributed by atoms with Crippen LogP contribution in [0.1, 0.15) is 36.8 Å². The van der Waals surface area contributed by atoms with Crippen molar-refractivity contribution in [2.75, 3.05) is 26.4 Å². The lowest BCUT2D eigenvalue weighted by Gasteiger charge is -2.28. The van der Waals surface area contributed by atoms with Crippen molar-refractivity contribution in [2.24, 2.45) is 0 Å². The van der Waals surface area contributed by atoms with E-state index in [1.807, 2.05) is 18.2 Å². The molecule has 31 heavy (non-hydrogen) atoms. The van der Waals surface area contributed by atoms with Crippen LogP contribution < -0.4 is 14.8 Å². The van der Waals surface area contributed by atoms with Gasteiger partial charge in [0, 0.05) is 6.54 Å². The maximum Gasteiger partial charge on any atom is 0.317 e. The molecule has 1 saturated carbocycles. The summed E-state index contributed by atoms with van der Waals surface area (Å²) in [6.07, 6.45) is 3.78. The molecule has 0 aromatic heterocycles. The summed E-state index contributed by atoms with van der Waals surface area (Å²) in [5, 5.41) is 2.74. The number of amides is 1. The zero-order valence-electron chi connectivity index (χ0n) is 17.3. The number of nitrogens with one attached hydrogen (secondary N) is 1. The molecule has 1 heterocycles. The van der Waals surface area contributed by atoms with Gasteiger partial charge in [0.2, 0.25) is 0 Å². The molecule has 1 amide bonds. The number of benzene rings is 2. The van der Waals surface area contributed by atoms with Gasteiger partial charge in [-0.2, -0.15) is 0 Å². The van der Waals surface area contributed by atoms with Gasteiger partial charge in [-0.15, -0.1) is 0 Å². The lowest BCUT2D eigenvalue weighted by atomic mass is 9.78. The molecule has 7 heteroatoms. The van der Waals surface area contributed by atoms with Crippen LogP contribution in [0.25, 0.3) is 0 Å². The Morgan fingerprint density at radius 1 is 1.00 bits per heavy atom. The fraction of sp³-hybridized carbons (Fsp3) is 0.417. The van der Waals surface area contributed by atoms with E-state index in [1.165, 1.54) is 12.1 Å². The van der Waals surface area contributed by atoms with Gasteiger partial charge in [0.1, 0.15) is 19.0 Å². The molecule has 2 aromatic carbocycles. The Morgan fingerprint density at radius 3 is 2.45 bits per heavy atom. The van der Waals surface area contributed by atoms with Crippen LogP contribution in [0, 0.1) is 5.82 Å². The minimum Gasteiger partial charge on any atom is -0.486 e. The van der Waals surface area contributed by atoms with Crippen molar-refractivity contribution in [3.63, 3.8) is 0 Å². The molecule has 2 aromatic rings. The van der Waals surface area contributed by atoms with E-state index in [-0.39, 0.29) is 24.3 Å². The minimum atomic E-state index is -0.760. The molecule has 0 spiro atoms. The van der Waals surface area contributed by atoms with E-state index < -0.39 is 5.41 Å². The summed E-state index contributed by atoms with van der Waals surface area (Å²) in [5.41, 5.74) is 1.00. The van der Waals surface area contributed by atoms with Gasteiger partial charge in [-0.05, 0) is 54.7 Å². The van der Waals surface area contributed by atoms with E-state index >= 15 is 0 Å². The van der Waals surface area contributed by atoms with Crippen molar-refractivity contribution in [1.82, 2.24) is 5.32 Å². The highest BCUT2D eigenvalue weighted by Gasteiger charge is 2.45. The normalized spacial score (nSPS) is 16.5. The summed E-state index contributed by atoms with van der Waals surface area (Å²) < 4.78 is 29.6. The van der Waals surface area contributed by atoms with Crippen LogP contribution in [-0.4, -0.2) is 38.2 Å². The number of carbonyl (C=O) groups excluding carboxylic acids is 2. The van der Waals surface area contributed by atoms with Gasteiger partial charge in [-0.3, -0.25) is 9.59 Å². The van der Waals surface area contributed by atoms with Gasteiger partial charge < -0.3 is 19.5 Å². The first-order chi connectivity index (χ1) is 15.1. The lowest BCUT2D eigenvalue weighted by Crippen LogP contribution is -2.38. The second-order valence-electron chi connectivity index (χ2n) is 7.95. The molecule has 0 bridgehead atoms. The van der Waals surface area contributed by atoms with E-state index in [4.69, 9.17) is 14.2 Å². The van der Waals surface area contributed by atoms with E-state index in [0.29, 0.717) is 50.5 Å². The highest BCUT2D eigenvalue weighted by Crippen LogP contribution is 2.45. The van der Waals surface area contributed by atoms with Gasteiger partial charge >= 0.3 is 5.97 Å². The van der Waals surface area contributed by atoms with E-state index in [0.717, 1.165) is 24.0 Å². The highest BCUT2D eigenvalue weighted by atomic mass is 19.1. The maximum atomic E-state index is 13.1. The summed E-state index contributed by atoms with van der Waals surface area (Å²) in [6.45, 7) is 1.05. The first-order valence-corrected chi connectivity index (χ1v) is 10.7. The average Bonchev–Trinajstić information content (AvgIpc) is 3.30. The molecular weight excluding hydrogens is 401 g/mol. The van der Waals surface area contributed by atoms with Gasteiger partial charge in [0.15, 0.2) is 18.1 Å². The Bertz CT molecular complexity index is 937. The molecule has 164 valence electrons. The highest BCUT2D eigenvalue weighted by molar-refractivity contribution is 5.87. The number of hydrogen-bond acceptors (Lipinski definition) is 5. The molecule has 6 nitrogen and oxygen atoms in total. The van der Waals surface area contributed by atoms with Crippen molar-refractivity contribution in [3.05, 3.63) is 59.4 Å². The summed E-state index contributed by atoms with van der Waals surface area (Å²) >= 11 is 0. The number of halogens is 1. The van der Waals surface area contributed by atoms with Crippen LogP contribution in [0.2, 0.25) is 0 Å². The van der Waals surface area contributed by atoms with E-state index in [2.05, 4.69) is 5.32 Å². The van der Waals surface area contributed by atoms with Gasteiger partial charge in [-0.1, -0.05) is 31.0 Å². The SMILES string of the molecule is O=C(COC(=O)C1(c2ccc3c(c2)OCCO3)CCCC1)NCCc1ccc(F)cc1. The lowest BCUT2D eigenvalue weighted by molar-refractivity contribution is -0.154. The standard InChI is InChI=1S/C24H26FNO5/c25-19-6-3-17(4-7-19)9-12-26-22(27)16-31-23(28)24(10-1-2-11-24)18-5-8-20-21(15-18)30-14-13-29-20/h3-8,15H,1-2,9-14,16H2,(H,26,27). The van der Waals surface area contributed by atoms with Crippen LogP contribution >= 0.6 is 0 Å². The second kappa shape index (κ2) is 9.37. The van der Waals surface area contributed by atoms with Gasteiger partial charge in [-0.25, -0.2) is 4.39 Å². The summed E-state index contributed by atoms with van der Waals surface area (Å²) in [5.74, 6) is 0.290. The Balaban J connectivity index is 1.33. The fourth-order valence-corrected chi connectivity index (χ4v) is 4.25. The van der Waals surface area contributed by atoms with Gasteiger partial charge in [0.25, 0.3) is 5.91 Å². The largest absolute Gasteiger partial charge is 0.486 e. The molecule has 0 radical (unpaired) electrons. The third-order valence-electron chi connectivity index (χ3n) is 5.93. The number of carbonyl (C=O) groups is 2. The number of fused-ring (bicyclic) bond motifs is 1. The van der Waals surface area contributed by atoms with Crippen molar-refractivity contribution < 1.29 is 28.2 Å². The molecule has 2 aliphatic rings. The monoisotopic (exact) mass is 427 g/mol. The number of rotatable bonds is 7. The predicted molar refractivity (Wildman–Crippen MR) is 112 cm³/mol. The molecule has 1 aliphatic heterocycles. The van der Waals surface area contributed by atoms with Gasteiger partial charge in [0.05, 0.1) is 5.41 Å². The van der Waals surface area contributed by atoms with E-state index in [1.54, 1.807) is 12.1 Å². The number of ether oxygens (including phenoxy) is 3. The smallest absolute Gasteiger partial charge is 0.317 e. The second-order valence-corrected chi connectivity index (χ2v) is 7.95. The summed E-state index contributed by atoms with van der Waals surface area (Å²) in [4.78, 5) is 25.2. The van der Waals surface area contributed by atoms with Crippen LogP contribution in [0.5, 0.6) is 11.5 Å². The first kappa shape index (κ1) is 21.2. The number of esters is 1. The molecule has 1 N–H and O–H groups in total. The molecule has 4 rings (SSSR count). The molecule has 0 saturated heterocycles.